The minimum Gasteiger partial charge on any atom is -0.494 e. The zero-order valence-corrected chi connectivity index (χ0v) is 11.9. The monoisotopic (exact) mass is 286 g/mol. The highest BCUT2D eigenvalue weighted by molar-refractivity contribution is 5.67. The fourth-order valence-corrected chi connectivity index (χ4v) is 1.98. The first kappa shape index (κ1) is 14.9. The molecule has 2 aromatic carbocycles. The van der Waals surface area contributed by atoms with E-state index in [1.807, 2.05) is 55.5 Å². The minimum atomic E-state index is -0.827. The molecule has 0 bridgehead atoms. The van der Waals surface area contributed by atoms with E-state index in [1.54, 1.807) is 0 Å². The summed E-state index contributed by atoms with van der Waals surface area (Å²) in [6.07, 6.45) is 0.478. The third-order valence-corrected chi connectivity index (χ3v) is 2.92. The number of benzene rings is 2. The van der Waals surface area contributed by atoms with E-state index in [0.717, 1.165) is 11.3 Å². The second kappa shape index (κ2) is 7.33. The summed E-state index contributed by atoms with van der Waals surface area (Å²) in [4.78, 5) is 10.7. The Labute approximate surface area is 123 Å². The van der Waals surface area contributed by atoms with Crippen LogP contribution in [0, 0.1) is 0 Å². The molecule has 0 saturated carbocycles. The fraction of sp³-hybridized carbons (Fsp3) is 0.235. The number of carbonyl (C=O) groups is 1. The van der Waals surface area contributed by atoms with Gasteiger partial charge in [0.1, 0.15) is 17.2 Å². The van der Waals surface area contributed by atoms with Crippen LogP contribution in [0.3, 0.4) is 0 Å². The first-order valence-electron chi connectivity index (χ1n) is 6.89. The van der Waals surface area contributed by atoms with Gasteiger partial charge in [0.25, 0.3) is 0 Å². The maximum absolute atomic E-state index is 10.7. The molecule has 0 aromatic heterocycles. The molecular formula is C17H18O4. The molecule has 1 N–H and O–H groups in total. The van der Waals surface area contributed by atoms with E-state index in [-0.39, 0.29) is 6.42 Å². The first-order chi connectivity index (χ1) is 10.2. The third-order valence-electron chi connectivity index (χ3n) is 2.92. The van der Waals surface area contributed by atoms with Gasteiger partial charge in [-0.1, -0.05) is 18.2 Å². The number of hydrogen-bond donors (Lipinski definition) is 1. The van der Waals surface area contributed by atoms with Crippen LogP contribution < -0.4 is 9.47 Å². The smallest absolute Gasteiger partial charge is 0.303 e. The molecular weight excluding hydrogens is 268 g/mol. The van der Waals surface area contributed by atoms with E-state index in [9.17, 15) is 4.79 Å². The predicted molar refractivity (Wildman–Crippen MR) is 80.1 cm³/mol. The average Bonchev–Trinajstić information content (AvgIpc) is 2.48. The quantitative estimate of drug-likeness (QED) is 0.838. The molecule has 0 heterocycles. The van der Waals surface area contributed by atoms with Gasteiger partial charge in [-0.2, -0.15) is 0 Å². The van der Waals surface area contributed by atoms with Crippen LogP contribution in [0.1, 0.15) is 18.9 Å². The Hall–Kier alpha value is -2.49. The van der Waals surface area contributed by atoms with Gasteiger partial charge in [-0.25, -0.2) is 0 Å². The molecule has 21 heavy (non-hydrogen) atoms. The van der Waals surface area contributed by atoms with Gasteiger partial charge in [0.05, 0.1) is 6.61 Å². The number of carboxylic acid groups (broad SMARTS) is 1. The summed E-state index contributed by atoms with van der Waals surface area (Å²) in [5, 5.41) is 8.83. The van der Waals surface area contributed by atoms with E-state index in [2.05, 4.69) is 0 Å². The van der Waals surface area contributed by atoms with E-state index in [1.165, 1.54) is 0 Å². The summed E-state index contributed by atoms with van der Waals surface area (Å²) in [7, 11) is 0. The van der Waals surface area contributed by atoms with Crippen LogP contribution in [-0.2, 0) is 11.2 Å². The summed E-state index contributed by atoms with van der Waals surface area (Å²) in [6, 6.07) is 14.9. The van der Waals surface area contributed by atoms with Crippen molar-refractivity contribution in [3.05, 3.63) is 54.1 Å². The van der Waals surface area contributed by atoms with Gasteiger partial charge in [-0.15, -0.1) is 0 Å². The molecule has 0 unspecified atom stereocenters. The highest BCUT2D eigenvalue weighted by Crippen LogP contribution is 2.28. The zero-order chi connectivity index (χ0) is 15.1. The number of aryl methyl sites for hydroxylation is 1. The number of rotatable bonds is 7. The summed E-state index contributed by atoms with van der Waals surface area (Å²) >= 11 is 0. The average molecular weight is 286 g/mol. The lowest BCUT2D eigenvalue weighted by atomic mass is 10.1. The van der Waals surface area contributed by atoms with Crippen molar-refractivity contribution in [2.45, 2.75) is 19.8 Å². The van der Waals surface area contributed by atoms with Gasteiger partial charge < -0.3 is 14.6 Å². The maximum Gasteiger partial charge on any atom is 0.303 e. The molecule has 2 aromatic rings. The van der Waals surface area contributed by atoms with E-state index < -0.39 is 5.97 Å². The molecule has 0 atom stereocenters. The van der Waals surface area contributed by atoms with Gasteiger partial charge in [0.2, 0.25) is 0 Å². The minimum absolute atomic E-state index is 0.0643. The molecule has 4 heteroatoms. The Bertz CT molecular complexity index is 593. The van der Waals surface area contributed by atoms with Crippen molar-refractivity contribution in [1.29, 1.82) is 0 Å². The summed E-state index contributed by atoms with van der Waals surface area (Å²) in [6.45, 7) is 2.44. The van der Waals surface area contributed by atoms with Crippen molar-refractivity contribution in [3.8, 4) is 17.2 Å². The molecule has 0 amide bonds. The second-order valence-electron chi connectivity index (χ2n) is 4.51. The van der Waals surface area contributed by atoms with Gasteiger partial charge >= 0.3 is 5.97 Å². The number of carboxylic acids is 1. The van der Waals surface area contributed by atoms with Gasteiger partial charge in [-0.05, 0) is 49.2 Å². The van der Waals surface area contributed by atoms with E-state index in [4.69, 9.17) is 14.6 Å². The lowest BCUT2D eigenvalue weighted by Gasteiger charge is -2.12. The van der Waals surface area contributed by atoms with Crippen molar-refractivity contribution < 1.29 is 19.4 Å². The summed E-state index contributed by atoms with van der Waals surface area (Å²) in [5.41, 5.74) is 0.840. The van der Waals surface area contributed by atoms with E-state index in [0.29, 0.717) is 24.5 Å². The number of aliphatic carboxylic acids is 1. The topological polar surface area (TPSA) is 55.8 Å². The van der Waals surface area contributed by atoms with Crippen LogP contribution in [0.5, 0.6) is 17.2 Å². The standard InChI is InChI=1S/C17H18O4/c1-2-20-16-10-9-15(12-13(16)8-11-17(18)19)21-14-6-4-3-5-7-14/h3-7,9-10,12H,2,8,11H2,1H3,(H,18,19). The molecule has 110 valence electrons. The number of ether oxygens (including phenoxy) is 2. The van der Waals surface area contributed by atoms with Crippen LogP contribution in [0.25, 0.3) is 0 Å². The number of para-hydroxylation sites is 1. The van der Waals surface area contributed by atoms with Crippen molar-refractivity contribution in [2.75, 3.05) is 6.61 Å². The van der Waals surface area contributed by atoms with Crippen molar-refractivity contribution in [3.63, 3.8) is 0 Å². The van der Waals surface area contributed by atoms with Crippen LogP contribution in [0.4, 0.5) is 0 Å². The van der Waals surface area contributed by atoms with Crippen molar-refractivity contribution >= 4 is 5.97 Å². The molecule has 4 nitrogen and oxygen atoms in total. The third kappa shape index (κ3) is 4.53. The molecule has 0 aliphatic heterocycles. The predicted octanol–water partition coefficient (Wildman–Crippen LogP) is 3.89. The van der Waals surface area contributed by atoms with Gasteiger partial charge in [-0.3, -0.25) is 4.79 Å². The number of hydrogen-bond acceptors (Lipinski definition) is 3. The molecule has 0 aliphatic rings. The van der Waals surface area contributed by atoms with Crippen LogP contribution in [-0.4, -0.2) is 17.7 Å². The molecule has 0 aliphatic carbocycles. The SMILES string of the molecule is CCOc1ccc(Oc2ccccc2)cc1CCC(=O)O. The fourth-order valence-electron chi connectivity index (χ4n) is 1.98. The Kier molecular flexibility index (Phi) is 5.21. The normalized spacial score (nSPS) is 10.1. The Morgan fingerprint density at radius 1 is 1.10 bits per heavy atom. The highest BCUT2D eigenvalue weighted by Gasteiger charge is 2.08. The molecule has 0 radical (unpaired) electrons. The van der Waals surface area contributed by atoms with Crippen molar-refractivity contribution in [2.24, 2.45) is 0 Å². The largest absolute Gasteiger partial charge is 0.494 e. The van der Waals surface area contributed by atoms with Crippen LogP contribution in [0.15, 0.2) is 48.5 Å². The zero-order valence-electron chi connectivity index (χ0n) is 11.9. The Morgan fingerprint density at radius 2 is 1.86 bits per heavy atom. The molecule has 0 fully saturated rings. The second-order valence-corrected chi connectivity index (χ2v) is 4.51. The van der Waals surface area contributed by atoms with Crippen LogP contribution in [0.2, 0.25) is 0 Å². The Morgan fingerprint density at radius 3 is 2.52 bits per heavy atom. The summed E-state index contributed by atoms with van der Waals surface area (Å²) < 4.78 is 11.3. The van der Waals surface area contributed by atoms with E-state index >= 15 is 0 Å². The summed E-state index contributed by atoms with van der Waals surface area (Å²) in [5.74, 6) is 1.29. The Balaban J connectivity index is 2.19. The van der Waals surface area contributed by atoms with Gasteiger partial charge in [0, 0.05) is 6.42 Å². The highest BCUT2D eigenvalue weighted by atomic mass is 16.5. The van der Waals surface area contributed by atoms with Crippen LogP contribution >= 0.6 is 0 Å². The maximum atomic E-state index is 10.7. The van der Waals surface area contributed by atoms with Gasteiger partial charge in [0.15, 0.2) is 0 Å². The first-order valence-corrected chi connectivity index (χ1v) is 6.89. The lowest BCUT2D eigenvalue weighted by molar-refractivity contribution is -0.136. The lowest BCUT2D eigenvalue weighted by Crippen LogP contribution is -2.01. The van der Waals surface area contributed by atoms with Crippen molar-refractivity contribution in [1.82, 2.24) is 0 Å². The molecule has 0 saturated heterocycles. The molecule has 2 rings (SSSR count). The molecule has 0 spiro atoms.